The molecule has 1 aromatic carbocycles. The van der Waals surface area contributed by atoms with E-state index in [2.05, 4.69) is 10.0 Å². The van der Waals surface area contributed by atoms with Gasteiger partial charge < -0.3 is 10.1 Å². The van der Waals surface area contributed by atoms with Gasteiger partial charge in [-0.3, -0.25) is 0 Å². The van der Waals surface area contributed by atoms with Crippen molar-refractivity contribution in [2.45, 2.75) is 23.9 Å². The molecule has 1 unspecified atom stereocenters. The van der Waals surface area contributed by atoms with Crippen LogP contribution in [0.15, 0.2) is 23.1 Å². The van der Waals surface area contributed by atoms with Crippen LogP contribution >= 0.6 is 11.8 Å². The van der Waals surface area contributed by atoms with Crippen LogP contribution in [0.4, 0.5) is 0 Å². The van der Waals surface area contributed by atoms with Crippen molar-refractivity contribution in [1.29, 1.82) is 0 Å². The first kappa shape index (κ1) is 15.6. The Hall–Kier alpha value is -0.760. The van der Waals surface area contributed by atoms with E-state index >= 15 is 0 Å². The molecular formula is C13H20N2O3S2. The van der Waals surface area contributed by atoms with E-state index in [0.717, 1.165) is 23.5 Å². The van der Waals surface area contributed by atoms with Crippen molar-refractivity contribution in [3.8, 4) is 5.75 Å². The molecule has 0 saturated carbocycles. The third-order valence-electron chi connectivity index (χ3n) is 3.15. The van der Waals surface area contributed by atoms with E-state index in [0.29, 0.717) is 12.3 Å². The van der Waals surface area contributed by atoms with Gasteiger partial charge in [-0.2, -0.15) is 11.8 Å². The molecule has 0 aromatic heterocycles. The van der Waals surface area contributed by atoms with Gasteiger partial charge in [-0.25, -0.2) is 13.1 Å². The van der Waals surface area contributed by atoms with Crippen LogP contribution in [0.1, 0.15) is 12.0 Å². The molecule has 1 aliphatic heterocycles. The molecule has 112 valence electrons. The first-order valence-electron chi connectivity index (χ1n) is 6.48. The van der Waals surface area contributed by atoms with E-state index in [4.69, 9.17) is 4.74 Å². The Morgan fingerprint density at radius 2 is 2.25 bits per heavy atom. The molecule has 1 atom stereocenters. The lowest BCUT2D eigenvalue weighted by atomic mass is 10.2. The van der Waals surface area contributed by atoms with Crippen LogP contribution in [0, 0.1) is 0 Å². The van der Waals surface area contributed by atoms with Gasteiger partial charge in [0.1, 0.15) is 10.6 Å². The topological polar surface area (TPSA) is 67.4 Å². The fourth-order valence-corrected chi connectivity index (χ4v) is 4.90. The minimum absolute atomic E-state index is 0.0164. The van der Waals surface area contributed by atoms with Crippen LogP contribution in [0.3, 0.4) is 0 Å². The molecule has 7 heteroatoms. The summed E-state index contributed by atoms with van der Waals surface area (Å²) in [6.07, 6.45) is 0.877. The van der Waals surface area contributed by atoms with Gasteiger partial charge in [0.05, 0.1) is 7.11 Å². The molecule has 20 heavy (non-hydrogen) atoms. The highest BCUT2D eigenvalue weighted by molar-refractivity contribution is 7.99. The fraction of sp³-hybridized carbons (Fsp3) is 0.538. The highest BCUT2D eigenvalue weighted by Crippen LogP contribution is 2.26. The Balaban J connectivity index is 2.29. The smallest absolute Gasteiger partial charge is 0.244 e. The van der Waals surface area contributed by atoms with E-state index in [9.17, 15) is 8.42 Å². The zero-order valence-electron chi connectivity index (χ0n) is 11.7. The second kappa shape index (κ2) is 6.80. The molecule has 2 rings (SSSR count). The van der Waals surface area contributed by atoms with Crippen molar-refractivity contribution in [2.75, 3.05) is 25.7 Å². The summed E-state index contributed by atoms with van der Waals surface area (Å²) in [5.74, 6) is 2.21. The summed E-state index contributed by atoms with van der Waals surface area (Å²) in [6, 6.07) is 5.24. The van der Waals surface area contributed by atoms with Crippen molar-refractivity contribution in [3.63, 3.8) is 0 Å². The van der Waals surface area contributed by atoms with Crippen LogP contribution in [0.5, 0.6) is 5.75 Å². The Morgan fingerprint density at radius 3 is 2.85 bits per heavy atom. The largest absolute Gasteiger partial charge is 0.495 e. The summed E-state index contributed by atoms with van der Waals surface area (Å²) >= 11 is 1.77. The summed E-state index contributed by atoms with van der Waals surface area (Å²) in [4.78, 5) is 0.213. The molecule has 1 aliphatic rings. The van der Waals surface area contributed by atoms with Gasteiger partial charge in [0.15, 0.2) is 0 Å². The van der Waals surface area contributed by atoms with Crippen molar-refractivity contribution >= 4 is 21.8 Å². The lowest BCUT2D eigenvalue weighted by Crippen LogP contribution is -2.34. The third-order valence-corrected chi connectivity index (χ3v) is 5.85. The average molecular weight is 316 g/mol. The zero-order chi connectivity index (χ0) is 14.6. The Bertz CT molecular complexity index is 555. The maximum Gasteiger partial charge on any atom is 0.244 e. The molecule has 1 saturated heterocycles. The van der Waals surface area contributed by atoms with Gasteiger partial charge in [0.25, 0.3) is 0 Å². The van der Waals surface area contributed by atoms with Crippen LogP contribution < -0.4 is 14.8 Å². The summed E-state index contributed by atoms with van der Waals surface area (Å²) in [6.45, 7) is 0.617. The van der Waals surface area contributed by atoms with Crippen molar-refractivity contribution in [3.05, 3.63) is 23.8 Å². The van der Waals surface area contributed by atoms with Gasteiger partial charge >= 0.3 is 0 Å². The number of nitrogens with one attached hydrogen (secondary N) is 2. The maximum atomic E-state index is 12.5. The van der Waals surface area contributed by atoms with Gasteiger partial charge in [0, 0.05) is 18.3 Å². The lowest BCUT2D eigenvalue weighted by Gasteiger charge is -2.15. The lowest BCUT2D eigenvalue weighted by molar-refractivity contribution is 0.401. The molecule has 2 N–H and O–H groups in total. The first-order chi connectivity index (χ1) is 9.56. The van der Waals surface area contributed by atoms with E-state index in [-0.39, 0.29) is 10.9 Å². The number of sulfonamides is 1. The normalized spacial score (nSPS) is 19.2. The second-order valence-corrected chi connectivity index (χ2v) is 7.53. The summed E-state index contributed by atoms with van der Waals surface area (Å²) in [5, 5.41) is 3.01. The first-order valence-corrected chi connectivity index (χ1v) is 9.12. The molecule has 1 fully saturated rings. The molecule has 1 heterocycles. The minimum Gasteiger partial charge on any atom is -0.495 e. The van der Waals surface area contributed by atoms with Crippen LogP contribution in [-0.2, 0) is 16.6 Å². The molecular weight excluding hydrogens is 296 g/mol. The van der Waals surface area contributed by atoms with Crippen LogP contribution in [0.25, 0.3) is 0 Å². The van der Waals surface area contributed by atoms with Gasteiger partial charge in [0.2, 0.25) is 10.0 Å². The number of hydrogen-bond donors (Lipinski definition) is 2. The molecule has 1 aromatic rings. The van der Waals surface area contributed by atoms with E-state index in [1.54, 1.807) is 23.9 Å². The average Bonchev–Trinajstić information content (AvgIpc) is 2.91. The Labute approximate surface area is 124 Å². The van der Waals surface area contributed by atoms with Crippen LogP contribution in [0.2, 0.25) is 0 Å². The predicted octanol–water partition coefficient (Wildman–Crippen LogP) is 1.20. The minimum atomic E-state index is -3.54. The number of methoxy groups -OCH3 is 1. The quantitative estimate of drug-likeness (QED) is 0.825. The highest BCUT2D eigenvalue weighted by atomic mass is 32.2. The molecule has 0 aliphatic carbocycles. The fourth-order valence-electron chi connectivity index (χ4n) is 2.16. The number of rotatable bonds is 6. The number of ether oxygens (including phenoxy) is 1. The second-order valence-electron chi connectivity index (χ2n) is 4.70. The van der Waals surface area contributed by atoms with Gasteiger partial charge in [-0.05, 0) is 36.9 Å². The number of hydrogen-bond acceptors (Lipinski definition) is 5. The van der Waals surface area contributed by atoms with E-state index in [1.165, 1.54) is 7.11 Å². The molecule has 0 spiro atoms. The molecule has 5 nitrogen and oxygen atoms in total. The maximum absolute atomic E-state index is 12.5. The molecule has 0 amide bonds. The third kappa shape index (κ3) is 3.66. The van der Waals surface area contributed by atoms with Crippen molar-refractivity contribution in [1.82, 2.24) is 10.0 Å². The number of thioether (sulfide) groups is 1. The van der Waals surface area contributed by atoms with Crippen molar-refractivity contribution in [2.24, 2.45) is 0 Å². The Kier molecular flexibility index (Phi) is 5.31. The predicted molar refractivity (Wildman–Crippen MR) is 81.8 cm³/mol. The summed E-state index contributed by atoms with van der Waals surface area (Å²) < 4.78 is 33.0. The van der Waals surface area contributed by atoms with E-state index in [1.807, 2.05) is 13.1 Å². The SMILES string of the molecule is CNCc1ccc(OC)c(S(=O)(=O)NC2CCSC2)c1. The zero-order valence-corrected chi connectivity index (χ0v) is 13.3. The number of benzene rings is 1. The summed E-state index contributed by atoms with van der Waals surface area (Å²) in [7, 11) is -0.234. The van der Waals surface area contributed by atoms with Crippen molar-refractivity contribution < 1.29 is 13.2 Å². The molecule has 0 radical (unpaired) electrons. The van der Waals surface area contributed by atoms with Gasteiger partial charge in [-0.1, -0.05) is 6.07 Å². The van der Waals surface area contributed by atoms with Crippen LogP contribution in [-0.4, -0.2) is 40.1 Å². The van der Waals surface area contributed by atoms with Gasteiger partial charge in [-0.15, -0.1) is 0 Å². The Morgan fingerprint density at radius 1 is 1.45 bits per heavy atom. The molecule has 0 bridgehead atoms. The standard InChI is InChI=1S/C13H20N2O3S2/c1-14-8-10-3-4-12(18-2)13(7-10)20(16,17)15-11-5-6-19-9-11/h3-4,7,11,14-15H,5-6,8-9H2,1-2H3. The monoisotopic (exact) mass is 316 g/mol. The van der Waals surface area contributed by atoms with E-state index < -0.39 is 10.0 Å². The summed E-state index contributed by atoms with van der Waals surface area (Å²) in [5.41, 5.74) is 0.912. The highest BCUT2D eigenvalue weighted by Gasteiger charge is 2.26.